The fourth-order valence-electron chi connectivity index (χ4n) is 1.14. The first-order valence-electron chi connectivity index (χ1n) is 4.79. The second-order valence-corrected chi connectivity index (χ2v) is 3.35. The van der Waals surface area contributed by atoms with Crippen LogP contribution in [-0.2, 0) is 11.3 Å². The summed E-state index contributed by atoms with van der Waals surface area (Å²) in [6, 6.07) is 0. The average Bonchev–Trinajstić information content (AvgIpc) is 2.60. The van der Waals surface area contributed by atoms with Crippen molar-refractivity contribution < 1.29 is 9.59 Å². The third kappa shape index (κ3) is 3.88. The Hall–Kier alpha value is -1.72. The summed E-state index contributed by atoms with van der Waals surface area (Å²) < 4.78 is 1.59. The summed E-state index contributed by atoms with van der Waals surface area (Å²) in [7, 11) is 0. The summed E-state index contributed by atoms with van der Waals surface area (Å²) in [6.07, 6.45) is 3.51. The molecule has 2 N–H and O–H groups in total. The normalized spacial score (nSPS) is 10.2. The predicted octanol–water partition coefficient (Wildman–Crippen LogP) is 0.136. The molecule has 0 aliphatic carbocycles. The molecular formula is C9H14N4O2. The van der Waals surface area contributed by atoms with Crippen molar-refractivity contribution in [2.24, 2.45) is 5.73 Å². The van der Waals surface area contributed by atoms with E-state index in [2.05, 4.69) is 10.3 Å². The van der Waals surface area contributed by atoms with Crippen LogP contribution in [0.15, 0.2) is 6.20 Å². The van der Waals surface area contributed by atoms with Gasteiger partial charge in [-0.1, -0.05) is 5.21 Å². The van der Waals surface area contributed by atoms with E-state index in [1.165, 1.54) is 6.92 Å². The molecule has 0 radical (unpaired) electrons. The minimum absolute atomic E-state index is 0.0987. The Labute approximate surface area is 87.4 Å². The largest absolute Gasteiger partial charge is 0.370 e. The first-order chi connectivity index (χ1) is 7.09. The Bertz CT molecular complexity index is 359. The standard InChI is InChI=1S/C9H14N4O2/c1-7(14)8-6-13(12-11-8)5-3-2-4-9(10)15/h6H,2-5H2,1H3,(H2,10,15). The molecule has 1 rings (SSSR count). The highest BCUT2D eigenvalue weighted by Gasteiger charge is 2.04. The van der Waals surface area contributed by atoms with E-state index in [4.69, 9.17) is 5.73 Å². The summed E-state index contributed by atoms with van der Waals surface area (Å²) in [5.74, 6) is -0.392. The number of hydrogen-bond acceptors (Lipinski definition) is 4. The maximum Gasteiger partial charge on any atom is 0.217 e. The third-order valence-electron chi connectivity index (χ3n) is 1.96. The second kappa shape index (κ2) is 5.23. The van der Waals surface area contributed by atoms with Gasteiger partial charge >= 0.3 is 0 Å². The molecule has 1 aromatic rings. The molecule has 82 valence electrons. The molecule has 0 bridgehead atoms. The van der Waals surface area contributed by atoms with Crippen LogP contribution in [-0.4, -0.2) is 26.7 Å². The summed E-state index contributed by atoms with van der Waals surface area (Å²) in [6.45, 7) is 2.09. The molecular weight excluding hydrogens is 196 g/mol. The van der Waals surface area contributed by atoms with Crippen LogP contribution in [0.2, 0.25) is 0 Å². The van der Waals surface area contributed by atoms with Crippen molar-refractivity contribution in [2.75, 3.05) is 0 Å². The van der Waals surface area contributed by atoms with Crippen LogP contribution < -0.4 is 5.73 Å². The third-order valence-corrected chi connectivity index (χ3v) is 1.96. The highest BCUT2D eigenvalue weighted by Crippen LogP contribution is 1.99. The zero-order valence-electron chi connectivity index (χ0n) is 8.64. The van der Waals surface area contributed by atoms with Gasteiger partial charge in [0.1, 0.15) is 5.69 Å². The van der Waals surface area contributed by atoms with E-state index in [1.807, 2.05) is 0 Å². The number of unbranched alkanes of at least 4 members (excludes halogenated alkanes) is 1. The summed E-state index contributed by atoms with van der Waals surface area (Å²) in [4.78, 5) is 21.3. The van der Waals surface area contributed by atoms with E-state index in [0.29, 0.717) is 18.7 Å². The monoisotopic (exact) mass is 210 g/mol. The van der Waals surface area contributed by atoms with Gasteiger partial charge in [0.2, 0.25) is 5.91 Å². The van der Waals surface area contributed by atoms with Gasteiger partial charge in [-0.25, -0.2) is 0 Å². The van der Waals surface area contributed by atoms with Crippen molar-refractivity contribution in [3.05, 3.63) is 11.9 Å². The lowest BCUT2D eigenvalue weighted by Crippen LogP contribution is -2.10. The Kier molecular flexibility index (Phi) is 3.96. The lowest BCUT2D eigenvalue weighted by molar-refractivity contribution is -0.118. The van der Waals surface area contributed by atoms with Gasteiger partial charge in [0, 0.05) is 19.9 Å². The fraction of sp³-hybridized carbons (Fsp3) is 0.556. The number of ketones is 1. The van der Waals surface area contributed by atoms with E-state index >= 15 is 0 Å². The molecule has 1 amide bonds. The molecule has 0 atom stereocenters. The average molecular weight is 210 g/mol. The van der Waals surface area contributed by atoms with Crippen LogP contribution in [0.5, 0.6) is 0 Å². The first-order valence-corrected chi connectivity index (χ1v) is 4.79. The van der Waals surface area contributed by atoms with E-state index in [1.54, 1.807) is 10.9 Å². The molecule has 0 spiro atoms. The lowest BCUT2D eigenvalue weighted by Gasteiger charge is -1.98. The molecule has 0 saturated heterocycles. The van der Waals surface area contributed by atoms with Crippen LogP contribution >= 0.6 is 0 Å². The molecule has 1 aromatic heterocycles. The molecule has 0 unspecified atom stereocenters. The summed E-state index contributed by atoms with van der Waals surface area (Å²) in [5, 5.41) is 7.49. The van der Waals surface area contributed by atoms with Crippen LogP contribution in [0.1, 0.15) is 36.7 Å². The van der Waals surface area contributed by atoms with Gasteiger partial charge in [-0.05, 0) is 12.8 Å². The number of aryl methyl sites for hydroxylation is 1. The maximum atomic E-state index is 10.9. The van der Waals surface area contributed by atoms with Gasteiger partial charge in [0.15, 0.2) is 5.78 Å². The van der Waals surface area contributed by atoms with Crippen LogP contribution in [0, 0.1) is 0 Å². The van der Waals surface area contributed by atoms with Crippen LogP contribution in [0.25, 0.3) is 0 Å². The quantitative estimate of drug-likeness (QED) is 0.534. The number of aromatic nitrogens is 3. The lowest BCUT2D eigenvalue weighted by atomic mass is 10.2. The van der Waals surface area contributed by atoms with Crippen molar-refractivity contribution in [3.63, 3.8) is 0 Å². The number of carbonyl (C=O) groups is 2. The van der Waals surface area contributed by atoms with E-state index in [9.17, 15) is 9.59 Å². The number of Topliss-reactive ketones (excluding diaryl/α,β-unsaturated/α-hetero) is 1. The predicted molar refractivity (Wildman–Crippen MR) is 53.1 cm³/mol. The van der Waals surface area contributed by atoms with Gasteiger partial charge in [-0.2, -0.15) is 0 Å². The maximum absolute atomic E-state index is 10.9. The van der Waals surface area contributed by atoms with Gasteiger partial charge in [-0.3, -0.25) is 14.3 Å². The Balaban J connectivity index is 2.31. The van der Waals surface area contributed by atoms with Gasteiger partial charge in [-0.15, -0.1) is 5.10 Å². The number of nitrogens with two attached hydrogens (primary N) is 1. The van der Waals surface area contributed by atoms with E-state index in [-0.39, 0.29) is 11.7 Å². The molecule has 1 heterocycles. The molecule has 0 fully saturated rings. The van der Waals surface area contributed by atoms with Gasteiger partial charge in [0.25, 0.3) is 0 Å². The SMILES string of the molecule is CC(=O)c1cn(CCCCC(N)=O)nn1. The van der Waals surface area contributed by atoms with Gasteiger partial charge in [0.05, 0.1) is 6.20 Å². The van der Waals surface area contributed by atoms with Crippen molar-refractivity contribution in [2.45, 2.75) is 32.7 Å². The number of nitrogens with zero attached hydrogens (tertiary/aromatic N) is 3. The van der Waals surface area contributed by atoms with Crippen LogP contribution in [0.4, 0.5) is 0 Å². The number of hydrogen-bond donors (Lipinski definition) is 1. The van der Waals surface area contributed by atoms with Crippen molar-refractivity contribution >= 4 is 11.7 Å². The van der Waals surface area contributed by atoms with Gasteiger partial charge < -0.3 is 5.73 Å². The molecule has 0 saturated carbocycles. The Morgan fingerprint density at radius 2 is 2.20 bits per heavy atom. The molecule has 0 aliphatic rings. The Morgan fingerprint density at radius 3 is 2.73 bits per heavy atom. The minimum atomic E-state index is -0.294. The smallest absolute Gasteiger partial charge is 0.217 e. The zero-order valence-corrected chi connectivity index (χ0v) is 8.64. The molecule has 0 aliphatic heterocycles. The van der Waals surface area contributed by atoms with E-state index < -0.39 is 0 Å². The molecule has 15 heavy (non-hydrogen) atoms. The van der Waals surface area contributed by atoms with Crippen molar-refractivity contribution in [1.29, 1.82) is 0 Å². The number of rotatable bonds is 6. The minimum Gasteiger partial charge on any atom is -0.370 e. The van der Waals surface area contributed by atoms with Crippen LogP contribution in [0.3, 0.4) is 0 Å². The number of primary amides is 1. The highest BCUT2D eigenvalue weighted by molar-refractivity contribution is 5.91. The Morgan fingerprint density at radius 1 is 1.47 bits per heavy atom. The number of amides is 1. The van der Waals surface area contributed by atoms with Crippen molar-refractivity contribution in [3.8, 4) is 0 Å². The first kappa shape index (κ1) is 11.4. The topological polar surface area (TPSA) is 90.9 Å². The summed E-state index contributed by atoms with van der Waals surface area (Å²) in [5.41, 5.74) is 5.36. The van der Waals surface area contributed by atoms with E-state index in [0.717, 1.165) is 12.8 Å². The highest BCUT2D eigenvalue weighted by atomic mass is 16.1. The molecule has 6 heteroatoms. The molecule has 6 nitrogen and oxygen atoms in total. The van der Waals surface area contributed by atoms with Crippen molar-refractivity contribution in [1.82, 2.24) is 15.0 Å². The summed E-state index contributed by atoms with van der Waals surface area (Å²) >= 11 is 0. The molecule has 0 aromatic carbocycles. The zero-order chi connectivity index (χ0) is 11.3. The number of carbonyl (C=O) groups excluding carboxylic acids is 2. The second-order valence-electron chi connectivity index (χ2n) is 3.35. The fourth-order valence-corrected chi connectivity index (χ4v) is 1.14.